The summed E-state index contributed by atoms with van der Waals surface area (Å²) in [5.41, 5.74) is 0.603. The number of nitrogens with one attached hydrogen (secondary N) is 2. The zero-order valence-electron chi connectivity index (χ0n) is 25.5. The molecular weight excluding hydrogens is 582 g/mol. The van der Waals surface area contributed by atoms with Crippen LogP contribution >= 0.6 is 0 Å². The van der Waals surface area contributed by atoms with Crippen LogP contribution in [0.25, 0.3) is 11.1 Å². The number of hydrogen-bond donors (Lipinski definition) is 2. The maximum absolute atomic E-state index is 15.8. The molecule has 2 unspecified atom stereocenters. The van der Waals surface area contributed by atoms with Crippen LogP contribution in [0.1, 0.15) is 34.1 Å². The minimum atomic E-state index is -4.74. The molecule has 2 N–H and O–H groups in total. The number of aromatic nitrogens is 2. The molecule has 4 heterocycles. The van der Waals surface area contributed by atoms with Crippen molar-refractivity contribution in [1.82, 2.24) is 20.2 Å². The van der Waals surface area contributed by atoms with E-state index in [-0.39, 0.29) is 28.9 Å². The minimum Gasteiger partial charge on any atom is -0.372 e. The lowest BCUT2D eigenvalue weighted by Gasteiger charge is -2.44. The van der Waals surface area contributed by atoms with Crippen molar-refractivity contribution in [1.29, 1.82) is 0 Å². The molecule has 0 radical (unpaired) electrons. The molecule has 0 spiro atoms. The number of likely N-dealkylation sites (N-methyl/N-ethyl adjacent to an activating group) is 1. The lowest BCUT2D eigenvalue weighted by molar-refractivity contribution is -0.197. The van der Waals surface area contributed by atoms with Crippen LogP contribution in [-0.4, -0.2) is 96.9 Å². The Hall–Kier alpha value is -3.52. The number of carbonyl (C=O) groups excluding carboxylic acids is 2. The predicted octanol–water partition coefficient (Wildman–Crippen LogP) is 3.68. The smallest absolute Gasteiger partial charge is 0.372 e. The van der Waals surface area contributed by atoms with Crippen molar-refractivity contribution in [3.63, 3.8) is 0 Å². The van der Waals surface area contributed by atoms with Crippen LogP contribution in [-0.2, 0) is 14.3 Å². The van der Waals surface area contributed by atoms with Crippen molar-refractivity contribution in [3.05, 3.63) is 30.3 Å². The summed E-state index contributed by atoms with van der Waals surface area (Å²) in [4.78, 5) is 40.2. The summed E-state index contributed by atoms with van der Waals surface area (Å²) >= 11 is 0. The number of amides is 2. The SMILES string of the molecule is C[C@@H]1CN(c2cc(F)c(-c3cnc(N4CCOC(C)(C)C4)nc3)cc2NC(=O)C2CNC(=O)CC2C(F)(F)F)C[C@H](C)N1C. The molecule has 0 aliphatic carbocycles. The average molecular weight is 622 g/mol. The zero-order chi connectivity index (χ0) is 32.0. The van der Waals surface area contributed by atoms with Crippen molar-refractivity contribution in [3.8, 4) is 11.1 Å². The van der Waals surface area contributed by atoms with Crippen LogP contribution in [0.15, 0.2) is 24.5 Å². The Balaban J connectivity index is 1.49. The van der Waals surface area contributed by atoms with Crippen molar-refractivity contribution in [2.24, 2.45) is 11.8 Å². The number of ether oxygens (including phenoxy) is 1. The third-order valence-corrected chi connectivity index (χ3v) is 8.87. The number of nitrogens with zero attached hydrogens (tertiary/aromatic N) is 5. The molecule has 240 valence electrons. The van der Waals surface area contributed by atoms with Gasteiger partial charge in [-0.25, -0.2) is 14.4 Å². The number of alkyl halides is 3. The number of anilines is 3. The van der Waals surface area contributed by atoms with Crippen LogP contribution in [0.2, 0.25) is 0 Å². The van der Waals surface area contributed by atoms with Gasteiger partial charge in [0.2, 0.25) is 17.8 Å². The predicted molar refractivity (Wildman–Crippen MR) is 158 cm³/mol. The Morgan fingerprint density at radius 3 is 2.39 bits per heavy atom. The lowest BCUT2D eigenvalue weighted by atomic mass is 9.84. The molecule has 3 aliphatic heterocycles. The van der Waals surface area contributed by atoms with E-state index >= 15 is 4.39 Å². The summed E-state index contributed by atoms with van der Waals surface area (Å²) in [6.07, 6.45) is -2.59. The van der Waals surface area contributed by atoms with E-state index in [0.717, 1.165) is 0 Å². The van der Waals surface area contributed by atoms with Gasteiger partial charge in [0, 0.05) is 74.7 Å². The van der Waals surface area contributed by atoms with Gasteiger partial charge in [-0.2, -0.15) is 13.2 Å². The number of piperazine rings is 1. The molecule has 1 aromatic heterocycles. The van der Waals surface area contributed by atoms with Gasteiger partial charge < -0.3 is 25.2 Å². The molecule has 3 aliphatic rings. The summed E-state index contributed by atoms with van der Waals surface area (Å²) in [5, 5.41) is 5.04. The van der Waals surface area contributed by atoms with Gasteiger partial charge in [-0.05, 0) is 46.9 Å². The number of morpholine rings is 1. The van der Waals surface area contributed by atoms with E-state index < -0.39 is 48.6 Å². The number of piperidine rings is 1. The number of benzene rings is 1. The number of rotatable bonds is 5. The number of carbonyl (C=O) groups is 2. The van der Waals surface area contributed by atoms with Gasteiger partial charge in [0.05, 0.1) is 35.4 Å². The average Bonchev–Trinajstić information content (AvgIpc) is 2.95. The molecule has 0 saturated carbocycles. The van der Waals surface area contributed by atoms with E-state index in [1.54, 1.807) is 0 Å². The fraction of sp³-hybridized carbons (Fsp3) is 0.600. The fourth-order valence-corrected chi connectivity index (χ4v) is 6.18. The normalized spacial score (nSPS) is 26.3. The van der Waals surface area contributed by atoms with Gasteiger partial charge >= 0.3 is 6.18 Å². The summed E-state index contributed by atoms with van der Waals surface area (Å²) in [6.45, 7) is 10.3. The molecule has 3 fully saturated rings. The topological polar surface area (TPSA) is 103 Å². The molecule has 3 saturated heterocycles. The monoisotopic (exact) mass is 621 g/mol. The lowest BCUT2D eigenvalue weighted by Crippen LogP contribution is -2.55. The molecule has 2 amide bonds. The van der Waals surface area contributed by atoms with E-state index in [4.69, 9.17) is 4.74 Å². The number of halogens is 4. The first-order valence-electron chi connectivity index (χ1n) is 14.8. The quantitative estimate of drug-likeness (QED) is 0.488. The molecule has 5 rings (SSSR count). The molecule has 44 heavy (non-hydrogen) atoms. The summed E-state index contributed by atoms with van der Waals surface area (Å²) < 4.78 is 63.2. The third-order valence-electron chi connectivity index (χ3n) is 8.87. The van der Waals surface area contributed by atoms with Crippen LogP contribution in [0.4, 0.5) is 34.9 Å². The van der Waals surface area contributed by atoms with E-state index in [1.807, 2.05) is 44.5 Å². The zero-order valence-corrected chi connectivity index (χ0v) is 25.5. The summed E-state index contributed by atoms with van der Waals surface area (Å²) in [6, 6.07) is 2.92. The van der Waals surface area contributed by atoms with Gasteiger partial charge in [-0.15, -0.1) is 0 Å². The van der Waals surface area contributed by atoms with Gasteiger partial charge in [0.1, 0.15) is 5.82 Å². The highest BCUT2D eigenvalue weighted by molar-refractivity contribution is 5.98. The van der Waals surface area contributed by atoms with E-state index in [2.05, 4.69) is 25.5 Å². The van der Waals surface area contributed by atoms with Gasteiger partial charge in [-0.1, -0.05) is 0 Å². The highest BCUT2D eigenvalue weighted by Crippen LogP contribution is 2.39. The van der Waals surface area contributed by atoms with Crippen molar-refractivity contribution in [2.75, 3.05) is 61.5 Å². The molecule has 10 nitrogen and oxygen atoms in total. The van der Waals surface area contributed by atoms with E-state index in [0.29, 0.717) is 50.0 Å². The Morgan fingerprint density at radius 1 is 1.11 bits per heavy atom. The molecule has 4 atom stereocenters. The largest absolute Gasteiger partial charge is 0.393 e. The Bertz CT molecular complexity index is 1380. The summed E-state index contributed by atoms with van der Waals surface area (Å²) in [7, 11) is 2.00. The molecule has 0 bridgehead atoms. The van der Waals surface area contributed by atoms with Crippen LogP contribution in [0.5, 0.6) is 0 Å². The second-order valence-electron chi connectivity index (χ2n) is 12.7. The Kier molecular flexibility index (Phi) is 8.78. The van der Waals surface area contributed by atoms with Crippen molar-refractivity contribution >= 4 is 29.1 Å². The first-order valence-corrected chi connectivity index (χ1v) is 14.8. The minimum absolute atomic E-state index is 0.0949. The molecular formula is C30H39F4N7O3. The van der Waals surface area contributed by atoms with Gasteiger partial charge in [-0.3, -0.25) is 14.5 Å². The standard InChI is InChI=1S/C30H39F4N7O3/c1-17-14-41(15-18(2)39(17)5)25-10-23(31)20(19-11-36-28(37-12-19)40-6-7-44-29(3,4)16-40)8-24(25)38-27(43)21-13-35-26(42)9-22(21)30(32,33)34/h8,10-12,17-18,21-22H,6-7,9,13-16H2,1-5H3,(H,35,42)(H,38,43)/t17-,18+,21?,22?. The molecule has 1 aromatic carbocycles. The van der Waals surface area contributed by atoms with Crippen LogP contribution < -0.4 is 20.4 Å². The summed E-state index contributed by atoms with van der Waals surface area (Å²) in [5.74, 6) is -5.45. The second kappa shape index (κ2) is 12.1. The van der Waals surface area contributed by atoms with Crippen molar-refractivity contribution < 1.29 is 31.9 Å². The second-order valence-corrected chi connectivity index (χ2v) is 12.7. The third kappa shape index (κ3) is 6.75. The maximum atomic E-state index is 15.8. The maximum Gasteiger partial charge on any atom is 0.393 e. The van der Waals surface area contributed by atoms with Gasteiger partial charge in [0.25, 0.3) is 0 Å². The first-order chi connectivity index (χ1) is 20.6. The molecule has 14 heteroatoms. The van der Waals surface area contributed by atoms with Crippen molar-refractivity contribution in [2.45, 2.75) is 58.0 Å². The van der Waals surface area contributed by atoms with Crippen LogP contribution in [0, 0.1) is 17.7 Å². The highest BCUT2D eigenvalue weighted by atomic mass is 19.4. The highest BCUT2D eigenvalue weighted by Gasteiger charge is 2.50. The Labute approximate surface area is 254 Å². The fourth-order valence-electron chi connectivity index (χ4n) is 6.18. The Morgan fingerprint density at radius 2 is 1.77 bits per heavy atom. The molecule has 2 aromatic rings. The number of hydrogen-bond acceptors (Lipinski definition) is 8. The van der Waals surface area contributed by atoms with Crippen LogP contribution in [0.3, 0.4) is 0 Å². The van der Waals surface area contributed by atoms with Gasteiger partial charge in [0.15, 0.2) is 0 Å². The first kappa shape index (κ1) is 31.9. The van der Waals surface area contributed by atoms with E-state index in [9.17, 15) is 22.8 Å². The van der Waals surface area contributed by atoms with E-state index in [1.165, 1.54) is 24.5 Å².